The molecule has 0 saturated carbocycles. The van der Waals surface area contributed by atoms with Crippen LogP contribution in [0.2, 0.25) is 0 Å². The van der Waals surface area contributed by atoms with Gasteiger partial charge in [0.15, 0.2) is 0 Å². The monoisotopic (exact) mass is 452 g/mol. The molecule has 0 bridgehead atoms. The van der Waals surface area contributed by atoms with Crippen LogP contribution in [-0.2, 0) is 0 Å². The van der Waals surface area contributed by atoms with Crippen molar-refractivity contribution in [1.82, 2.24) is 0 Å². The van der Waals surface area contributed by atoms with Crippen LogP contribution in [0.3, 0.4) is 0 Å². The Balaban J connectivity index is 1.67. The summed E-state index contributed by atoms with van der Waals surface area (Å²) in [4.78, 5) is 24.9. The fraction of sp³-hybridized carbons (Fsp3) is 0.130. The van der Waals surface area contributed by atoms with E-state index >= 15 is 0 Å². The number of amides is 2. The summed E-state index contributed by atoms with van der Waals surface area (Å²) in [6.07, 6.45) is 0.854. The van der Waals surface area contributed by atoms with Crippen LogP contribution in [0.1, 0.15) is 34.1 Å². The molecule has 0 fully saturated rings. The molecule has 5 nitrogen and oxygen atoms in total. The predicted octanol–water partition coefficient (Wildman–Crippen LogP) is 5.74. The summed E-state index contributed by atoms with van der Waals surface area (Å²) >= 11 is 3.39. The molecule has 29 heavy (non-hydrogen) atoms. The summed E-state index contributed by atoms with van der Waals surface area (Å²) in [5, 5.41) is 5.69. The van der Waals surface area contributed by atoms with E-state index < -0.39 is 0 Å². The topological polar surface area (TPSA) is 67.4 Å². The number of anilines is 2. The maximum atomic E-state index is 12.7. The molecule has 0 radical (unpaired) electrons. The highest BCUT2D eigenvalue weighted by Gasteiger charge is 2.14. The van der Waals surface area contributed by atoms with E-state index in [-0.39, 0.29) is 11.8 Å². The van der Waals surface area contributed by atoms with Crippen LogP contribution in [0.4, 0.5) is 11.4 Å². The van der Waals surface area contributed by atoms with E-state index in [0.29, 0.717) is 34.9 Å². The zero-order chi connectivity index (χ0) is 20.6. The lowest BCUT2D eigenvalue weighted by atomic mass is 10.1. The fourth-order valence-electron chi connectivity index (χ4n) is 2.65. The van der Waals surface area contributed by atoms with Crippen LogP contribution in [0, 0.1) is 0 Å². The number of hydrogen-bond acceptors (Lipinski definition) is 3. The van der Waals surface area contributed by atoms with Crippen molar-refractivity contribution < 1.29 is 14.3 Å². The first-order chi connectivity index (χ1) is 14.1. The van der Waals surface area contributed by atoms with Gasteiger partial charge in [-0.25, -0.2) is 0 Å². The summed E-state index contributed by atoms with van der Waals surface area (Å²) in [7, 11) is 0. The van der Waals surface area contributed by atoms with Crippen molar-refractivity contribution in [2.45, 2.75) is 13.3 Å². The van der Waals surface area contributed by atoms with Crippen LogP contribution >= 0.6 is 15.9 Å². The number of halogens is 1. The molecule has 0 spiro atoms. The third-order valence-electron chi connectivity index (χ3n) is 4.08. The van der Waals surface area contributed by atoms with Crippen LogP contribution < -0.4 is 15.4 Å². The minimum Gasteiger partial charge on any atom is -0.493 e. The van der Waals surface area contributed by atoms with E-state index in [2.05, 4.69) is 26.6 Å². The van der Waals surface area contributed by atoms with Crippen molar-refractivity contribution in [3.8, 4) is 5.75 Å². The van der Waals surface area contributed by atoms with Gasteiger partial charge >= 0.3 is 0 Å². The van der Waals surface area contributed by atoms with Gasteiger partial charge in [0, 0.05) is 21.4 Å². The number of benzene rings is 3. The molecule has 148 valence electrons. The van der Waals surface area contributed by atoms with Crippen molar-refractivity contribution in [2.75, 3.05) is 17.2 Å². The smallest absolute Gasteiger partial charge is 0.259 e. The molecular formula is C23H21BrN2O3. The molecule has 0 aliphatic rings. The second kappa shape index (κ2) is 9.89. The summed E-state index contributed by atoms with van der Waals surface area (Å²) in [5.41, 5.74) is 2.30. The molecule has 2 N–H and O–H groups in total. The van der Waals surface area contributed by atoms with Gasteiger partial charge in [0.2, 0.25) is 0 Å². The molecule has 6 heteroatoms. The van der Waals surface area contributed by atoms with E-state index in [4.69, 9.17) is 4.74 Å². The highest BCUT2D eigenvalue weighted by Crippen LogP contribution is 2.25. The van der Waals surface area contributed by atoms with Gasteiger partial charge in [0.25, 0.3) is 11.8 Å². The molecule has 0 aliphatic carbocycles. The normalized spacial score (nSPS) is 10.3. The molecule has 3 rings (SSSR count). The second-order valence-corrected chi connectivity index (χ2v) is 7.26. The minimum atomic E-state index is -0.265. The molecule has 0 saturated heterocycles. The Morgan fingerprint density at radius 2 is 1.48 bits per heavy atom. The molecule has 2 amide bonds. The van der Waals surface area contributed by atoms with Crippen LogP contribution in [0.15, 0.2) is 77.3 Å². The maximum Gasteiger partial charge on any atom is 0.259 e. The average molecular weight is 453 g/mol. The van der Waals surface area contributed by atoms with E-state index in [1.807, 2.05) is 31.2 Å². The average Bonchev–Trinajstić information content (AvgIpc) is 2.74. The Labute approximate surface area is 178 Å². The fourth-order valence-corrected chi connectivity index (χ4v) is 3.01. The zero-order valence-electron chi connectivity index (χ0n) is 15.9. The van der Waals surface area contributed by atoms with Crippen molar-refractivity contribution in [3.05, 3.63) is 88.4 Å². The molecular weight excluding hydrogens is 432 g/mol. The van der Waals surface area contributed by atoms with Crippen molar-refractivity contribution in [2.24, 2.45) is 0 Å². The Morgan fingerprint density at radius 1 is 0.862 bits per heavy atom. The van der Waals surface area contributed by atoms with Crippen molar-refractivity contribution in [1.29, 1.82) is 0 Å². The van der Waals surface area contributed by atoms with Crippen molar-refractivity contribution >= 4 is 39.1 Å². The third kappa shape index (κ3) is 5.68. The summed E-state index contributed by atoms with van der Waals surface area (Å²) in [5.74, 6) is 0.0898. The SMILES string of the molecule is CCCOc1ccc(Br)cc1C(=O)Nc1ccc(NC(=O)c2ccccc2)cc1. The van der Waals surface area contributed by atoms with Gasteiger partial charge in [-0.3, -0.25) is 9.59 Å². The lowest BCUT2D eigenvalue weighted by Gasteiger charge is -2.12. The summed E-state index contributed by atoms with van der Waals surface area (Å²) < 4.78 is 6.47. The number of hydrogen-bond donors (Lipinski definition) is 2. The first-order valence-electron chi connectivity index (χ1n) is 9.27. The van der Waals surface area contributed by atoms with Crippen LogP contribution in [-0.4, -0.2) is 18.4 Å². The van der Waals surface area contributed by atoms with Gasteiger partial charge in [0.05, 0.1) is 12.2 Å². The molecule has 3 aromatic carbocycles. The van der Waals surface area contributed by atoms with E-state index in [1.165, 1.54) is 0 Å². The van der Waals surface area contributed by atoms with Crippen LogP contribution in [0.25, 0.3) is 0 Å². The Kier molecular flexibility index (Phi) is 7.03. The van der Waals surface area contributed by atoms with E-state index in [0.717, 1.165) is 10.9 Å². The van der Waals surface area contributed by atoms with Crippen LogP contribution in [0.5, 0.6) is 5.75 Å². The largest absolute Gasteiger partial charge is 0.493 e. The molecule has 0 atom stereocenters. The van der Waals surface area contributed by atoms with E-state index in [1.54, 1.807) is 48.5 Å². The Morgan fingerprint density at radius 3 is 2.10 bits per heavy atom. The van der Waals surface area contributed by atoms with E-state index in [9.17, 15) is 9.59 Å². The summed E-state index contributed by atoms with van der Waals surface area (Å²) in [6.45, 7) is 2.55. The minimum absolute atomic E-state index is 0.186. The maximum absolute atomic E-state index is 12.7. The lowest BCUT2D eigenvalue weighted by molar-refractivity contribution is 0.101. The molecule has 0 unspecified atom stereocenters. The lowest BCUT2D eigenvalue weighted by Crippen LogP contribution is -2.14. The van der Waals surface area contributed by atoms with Gasteiger partial charge in [-0.05, 0) is 61.0 Å². The van der Waals surface area contributed by atoms with Gasteiger partial charge in [-0.2, -0.15) is 0 Å². The Hall–Kier alpha value is -3.12. The highest BCUT2D eigenvalue weighted by atomic mass is 79.9. The number of carbonyl (C=O) groups is 2. The van der Waals surface area contributed by atoms with Gasteiger partial charge < -0.3 is 15.4 Å². The van der Waals surface area contributed by atoms with Gasteiger partial charge in [-0.1, -0.05) is 41.1 Å². The number of nitrogens with one attached hydrogen (secondary N) is 2. The number of rotatable bonds is 7. The zero-order valence-corrected chi connectivity index (χ0v) is 17.5. The molecule has 0 aliphatic heterocycles. The quantitative estimate of drug-likeness (QED) is 0.479. The Bertz CT molecular complexity index is 989. The number of ether oxygens (including phenoxy) is 1. The second-order valence-electron chi connectivity index (χ2n) is 6.34. The molecule has 0 aromatic heterocycles. The molecule has 3 aromatic rings. The first-order valence-corrected chi connectivity index (χ1v) is 10.1. The standard InChI is InChI=1S/C23H21BrN2O3/c1-2-14-29-21-13-8-17(24)15-20(21)23(28)26-19-11-9-18(10-12-19)25-22(27)16-6-4-3-5-7-16/h3-13,15H,2,14H2,1H3,(H,25,27)(H,26,28). The predicted molar refractivity (Wildman–Crippen MR) is 119 cm³/mol. The van der Waals surface area contributed by atoms with Crippen molar-refractivity contribution in [3.63, 3.8) is 0 Å². The van der Waals surface area contributed by atoms with Gasteiger partial charge in [-0.15, -0.1) is 0 Å². The first kappa shape index (κ1) is 20.6. The highest BCUT2D eigenvalue weighted by molar-refractivity contribution is 9.10. The summed E-state index contributed by atoms with van der Waals surface area (Å²) in [6, 6.07) is 21.3. The number of carbonyl (C=O) groups excluding carboxylic acids is 2. The molecule has 0 heterocycles. The third-order valence-corrected chi connectivity index (χ3v) is 4.58. The van der Waals surface area contributed by atoms with Gasteiger partial charge in [0.1, 0.15) is 5.75 Å².